The van der Waals surface area contributed by atoms with Gasteiger partial charge in [0.15, 0.2) is 5.82 Å². The number of aliphatic imine (C=N–C) groups is 2. The summed E-state index contributed by atoms with van der Waals surface area (Å²) in [5.74, 6) is 1.04. The van der Waals surface area contributed by atoms with Gasteiger partial charge in [-0.3, -0.25) is 4.90 Å². The first-order valence-electron chi connectivity index (χ1n) is 10.7. The zero-order valence-electron chi connectivity index (χ0n) is 19.2. The molecule has 0 atom stereocenters. The Morgan fingerprint density at radius 3 is 2.56 bits per heavy atom. The first-order chi connectivity index (χ1) is 15.4. The van der Waals surface area contributed by atoms with Crippen LogP contribution in [0.1, 0.15) is 20.8 Å². The van der Waals surface area contributed by atoms with Gasteiger partial charge in [0.25, 0.3) is 0 Å². The molecule has 0 aromatic carbocycles. The van der Waals surface area contributed by atoms with Gasteiger partial charge in [0.05, 0.1) is 32.4 Å². The lowest BCUT2D eigenvalue weighted by Crippen LogP contribution is -2.56. The first kappa shape index (κ1) is 23.4. The summed E-state index contributed by atoms with van der Waals surface area (Å²) < 4.78 is 10.8. The average molecular weight is 438 g/mol. The number of nitrogens with two attached hydrogens (primary N) is 1. The maximum Gasteiger partial charge on any atom is 0.239 e. The lowest BCUT2D eigenvalue weighted by Gasteiger charge is -2.43. The minimum absolute atomic E-state index is 0.0906. The van der Waals surface area contributed by atoms with E-state index < -0.39 is 0 Å². The predicted octanol–water partition coefficient (Wildman–Crippen LogP) is 2.43. The Morgan fingerprint density at radius 2 is 2.00 bits per heavy atom. The third-order valence-corrected chi connectivity index (χ3v) is 5.70. The smallest absolute Gasteiger partial charge is 0.239 e. The Labute approximate surface area is 189 Å². The van der Waals surface area contributed by atoms with Gasteiger partial charge in [-0.05, 0) is 44.6 Å². The van der Waals surface area contributed by atoms with Crippen LogP contribution in [0.5, 0.6) is 5.88 Å². The van der Waals surface area contributed by atoms with Crippen molar-refractivity contribution in [3.63, 3.8) is 0 Å². The van der Waals surface area contributed by atoms with Gasteiger partial charge in [-0.1, -0.05) is 6.08 Å². The number of guanidine groups is 1. The lowest BCUT2D eigenvalue weighted by atomic mass is 10.1. The summed E-state index contributed by atoms with van der Waals surface area (Å²) in [7, 11) is 1.61. The highest BCUT2D eigenvalue weighted by Crippen LogP contribution is 2.30. The molecule has 0 radical (unpaired) electrons. The quantitative estimate of drug-likeness (QED) is 0.315. The number of piperazine rings is 1. The molecule has 3 heterocycles. The lowest BCUT2D eigenvalue weighted by molar-refractivity contribution is -0.0660. The molecule has 0 unspecified atom stereocenters. The minimum Gasteiger partial charge on any atom is -0.479 e. The second-order valence-electron chi connectivity index (χ2n) is 7.76. The molecule has 2 fully saturated rings. The van der Waals surface area contributed by atoms with Gasteiger partial charge in [-0.25, -0.2) is 4.99 Å². The molecule has 3 rings (SSSR count). The Balaban J connectivity index is 1.71. The number of rotatable bonds is 6. The Bertz CT molecular complexity index is 979. The molecule has 0 saturated carbocycles. The predicted molar refractivity (Wildman–Crippen MR) is 127 cm³/mol. The normalized spacial score (nSPS) is 19.5. The fourth-order valence-electron chi connectivity index (χ4n) is 3.56. The molecule has 2 aliphatic heterocycles. The molecule has 0 spiro atoms. The van der Waals surface area contributed by atoms with Crippen molar-refractivity contribution in [3.05, 3.63) is 35.4 Å². The number of ether oxygens (including phenoxy) is 2. The molecule has 32 heavy (non-hydrogen) atoms. The molecule has 1 aromatic heterocycles. The number of nitriles is 1. The highest BCUT2D eigenvalue weighted by atomic mass is 16.5. The Kier molecular flexibility index (Phi) is 7.98. The van der Waals surface area contributed by atoms with Crippen LogP contribution in [-0.2, 0) is 4.74 Å². The van der Waals surface area contributed by atoms with Gasteiger partial charge in [0.1, 0.15) is 5.69 Å². The zero-order chi connectivity index (χ0) is 23.1. The van der Waals surface area contributed by atoms with Crippen molar-refractivity contribution in [2.24, 2.45) is 15.7 Å². The van der Waals surface area contributed by atoms with Crippen molar-refractivity contribution in [1.82, 2.24) is 9.88 Å². The van der Waals surface area contributed by atoms with Crippen LogP contribution >= 0.6 is 0 Å². The number of anilines is 1. The summed E-state index contributed by atoms with van der Waals surface area (Å²) >= 11 is 0. The average Bonchev–Trinajstić information content (AvgIpc) is 2.76. The molecule has 0 bridgehead atoms. The maximum absolute atomic E-state index is 9.07. The van der Waals surface area contributed by atoms with Crippen molar-refractivity contribution < 1.29 is 9.47 Å². The Morgan fingerprint density at radius 1 is 1.28 bits per heavy atom. The summed E-state index contributed by atoms with van der Waals surface area (Å²) in [5, 5.41) is 9.07. The van der Waals surface area contributed by atoms with E-state index in [9.17, 15) is 0 Å². The second-order valence-corrected chi connectivity index (χ2v) is 7.76. The molecule has 170 valence electrons. The van der Waals surface area contributed by atoms with Crippen molar-refractivity contribution in [1.29, 1.82) is 5.26 Å². The molecular weight excluding hydrogens is 406 g/mol. The Hall–Kier alpha value is -3.22. The van der Waals surface area contributed by atoms with Gasteiger partial charge >= 0.3 is 0 Å². The van der Waals surface area contributed by atoms with Crippen LogP contribution in [0.2, 0.25) is 0 Å². The van der Waals surface area contributed by atoms with Crippen LogP contribution in [-0.4, -0.2) is 74.1 Å². The van der Waals surface area contributed by atoms with E-state index in [1.807, 2.05) is 32.9 Å². The van der Waals surface area contributed by atoms with E-state index in [-0.39, 0.29) is 5.96 Å². The van der Waals surface area contributed by atoms with Crippen LogP contribution in [0, 0.1) is 11.3 Å². The summed E-state index contributed by atoms with van der Waals surface area (Å²) in [6.45, 7) is 11.0. The molecule has 0 aliphatic carbocycles. The van der Waals surface area contributed by atoms with E-state index in [0.717, 1.165) is 50.7 Å². The molecule has 9 heteroatoms. The van der Waals surface area contributed by atoms with Crippen molar-refractivity contribution in [3.8, 4) is 11.9 Å². The monoisotopic (exact) mass is 437 g/mol. The number of methoxy groups -OCH3 is 1. The summed E-state index contributed by atoms with van der Waals surface area (Å²) in [6.07, 6.45) is 3.51. The first-order valence-corrected chi connectivity index (χ1v) is 10.7. The molecule has 2 saturated heterocycles. The molecule has 2 N–H and O–H groups in total. The van der Waals surface area contributed by atoms with Crippen LogP contribution in [0.4, 0.5) is 11.5 Å². The van der Waals surface area contributed by atoms with Gasteiger partial charge in [0.2, 0.25) is 11.8 Å². The number of pyridine rings is 1. The number of hydrogen-bond donors (Lipinski definition) is 1. The molecule has 9 nitrogen and oxygen atoms in total. The number of nitrogens with zero attached hydrogens (tertiary/aromatic N) is 6. The molecule has 1 aromatic rings. The van der Waals surface area contributed by atoms with Crippen molar-refractivity contribution in [2.75, 3.05) is 51.4 Å². The molecular formula is C23H31N7O2. The van der Waals surface area contributed by atoms with E-state index >= 15 is 0 Å². The zero-order valence-corrected chi connectivity index (χ0v) is 19.2. The largest absolute Gasteiger partial charge is 0.479 e. The van der Waals surface area contributed by atoms with E-state index in [2.05, 4.69) is 30.8 Å². The van der Waals surface area contributed by atoms with Crippen LogP contribution in [0.15, 0.2) is 45.4 Å². The van der Waals surface area contributed by atoms with Crippen LogP contribution in [0.3, 0.4) is 0 Å². The topological polar surface area (TPSA) is 112 Å². The third-order valence-electron chi connectivity index (χ3n) is 5.70. The van der Waals surface area contributed by atoms with Crippen molar-refractivity contribution >= 4 is 23.2 Å². The van der Waals surface area contributed by atoms with Gasteiger partial charge in [-0.15, -0.1) is 0 Å². The van der Waals surface area contributed by atoms with E-state index in [1.54, 1.807) is 19.3 Å². The standard InChI is InChI=1S/C23H31N7O2/c1-5-18(13-24)12-16(2)17(3)26-23(25)28-21-7-6-20(22(27-21)31-4)30-10-8-29(9-11-30)19-14-32-15-19/h5-7,12,19H,8-11,14-15H2,1-4H3,(H2,25,27,28)/b16-12+,18-5-,26-17+. The van der Waals surface area contributed by atoms with Gasteiger partial charge < -0.3 is 20.1 Å². The highest BCUT2D eigenvalue weighted by molar-refractivity contribution is 6.05. The summed E-state index contributed by atoms with van der Waals surface area (Å²) in [5.41, 5.74) is 9.06. The third kappa shape index (κ3) is 5.72. The van der Waals surface area contributed by atoms with E-state index in [4.69, 9.17) is 20.5 Å². The fourth-order valence-corrected chi connectivity index (χ4v) is 3.56. The molecule has 0 amide bonds. The molecule has 2 aliphatic rings. The fraction of sp³-hybridized carbons (Fsp3) is 0.478. The SMILES string of the molecule is C/C=C(C#N)/C=C(C)/C(C)=N/C(N)=Nc1ccc(N2CCN(C3COC3)CC2)c(OC)n1. The number of allylic oxidation sites excluding steroid dienone is 4. The minimum atomic E-state index is 0.0906. The maximum atomic E-state index is 9.07. The summed E-state index contributed by atoms with van der Waals surface area (Å²) in [6, 6.07) is 6.46. The summed E-state index contributed by atoms with van der Waals surface area (Å²) in [4.78, 5) is 17.9. The number of aromatic nitrogens is 1. The number of hydrogen-bond acceptors (Lipinski definition) is 7. The van der Waals surface area contributed by atoms with Gasteiger partial charge in [0, 0.05) is 37.5 Å². The highest BCUT2D eigenvalue weighted by Gasteiger charge is 2.29. The van der Waals surface area contributed by atoms with Crippen LogP contribution in [0.25, 0.3) is 0 Å². The van der Waals surface area contributed by atoms with Crippen LogP contribution < -0.4 is 15.4 Å². The van der Waals surface area contributed by atoms with Gasteiger partial charge in [-0.2, -0.15) is 15.2 Å². The van der Waals surface area contributed by atoms with E-state index in [0.29, 0.717) is 29.0 Å². The second kappa shape index (κ2) is 10.9. The van der Waals surface area contributed by atoms with E-state index in [1.165, 1.54) is 0 Å². The van der Waals surface area contributed by atoms with Crippen molar-refractivity contribution in [2.45, 2.75) is 26.8 Å².